The fourth-order valence-corrected chi connectivity index (χ4v) is 5.85. The van der Waals surface area contributed by atoms with Crippen LogP contribution in [0.4, 0.5) is 0 Å². The van der Waals surface area contributed by atoms with E-state index in [4.69, 9.17) is 0 Å². The van der Waals surface area contributed by atoms with Crippen molar-refractivity contribution in [3.8, 4) is 0 Å². The summed E-state index contributed by atoms with van der Waals surface area (Å²) >= 11 is 1.42. The zero-order valence-electron chi connectivity index (χ0n) is 20.4. The molecule has 1 aliphatic heterocycles. The quantitative estimate of drug-likeness (QED) is 0.259. The minimum atomic E-state index is -0.518. The summed E-state index contributed by atoms with van der Waals surface area (Å²) in [6.45, 7) is 1.31. The second-order valence-corrected chi connectivity index (χ2v) is 10.2. The Kier molecular flexibility index (Phi) is 6.34. The number of aromatic amines is 2. The van der Waals surface area contributed by atoms with Gasteiger partial charge in [0.05, 0.1) is 16.9 Å². The van der Waals surface area contributed by atoms with Crippen LogP contribution >= 0.6 is 11.3 Å². The van der Waals surface area contributed by atoms with Crippen LogP contribution in [0.5, 0.6) is 0 Å². The summed E-state index contributed by atoms with van der Waals surface area (Å²) in [6, 6.07) is 15.2. The molecule has 3 amide bonds. The highest BCUT2D eigenvalue weighted by atomic mass is 32.1. The highest BCUT2D eigenvalue weighted by molar-refractivity contribution is 7.09. The topological polar surface area (TPSA) is 136 Å². The molecule has 1 saturated heterocycles. The van der Waals surface area contributed by atoms with Gasteiger partial charge < -0.3 is 9.88 Å². The SMILES string of the molecule is O=C(NNC(=O)c1n[nH]c2ccccc12)c1csc(C2CCN(C(=O)Cc3c[nH]c4ccccc34)CC2)n1. The minimum absolute atomic E-state index is 0.118. The molecule has 192 valence electrons. The lowest BCUT2D eigenvalue weighted by Gasteiger charge is -2.31. The van der Waals surface area contributed by atoms with E-state index in [1.807, 2.05) is 53.6 Å². The van der Waals surface area contributed by atoms with E-state index in [-0.39, 0.29) is 23.2 Å². The molecule has 0 spiro atoms. The maximum atomic E-state index is 12.9. The predicted molar refractivity (Wildman–Crippen MR) is 144 cm³/mol. The molecule has 1 aliphatic rings. The molecule has 0 aliphatic carbocycles. The summed E-state index contributed by atoms with van der Waals surface area (Å²) in [7, 11) is 0. The molecule has 4 heterocycles. The third-order valence-corrected chi connectivity index (χ3v) is 7.95. The number of amides is 3. The zero-order valence-corrected chi connectivity index (χ0v) is 21.2. The maximum absolute atomic E-state index is 12.9. The number of nitrogens with zero attached hydrogens (tertiary/aromatic N) is 3. The summed E-state index contributed by atoms with van der Waals surface area (Å²) in [5, 5.41) is 11.1. The number of nitrogens with one attached hydrogen (secondary N) is 4. The Labute approximate surface area is 221 Å². The third kappa shape index (κ3) is 4.63. The number of likely N-dealkylation sites (tertiary alicyclic amines) is 1. The average molecular weight is 528 g/mol. The van der Waals surface area contributed by atoms with Crippen molar-refractivity contribution in [3.63, 3.8) is 0 Å². The molecule has 5 aromatic rings. The molecule has 0 bridgehead atoms. The number of fused-ring (bicyclic) bond motifs is 2. The average Bonchev–Trinajstić information content (AvgIpc) is 3.71. The number of hydrogen-bond acceptors (Lipinski definition) is 6. The van der Waals surface area contributed by atoms with Gasteiger partial charge in [0.2, 0.25) is 5.91 Å². The van der Waals surface area contributed by atoms with Gasteiger partial charge in [-0.05, 0) is 30.5 Å². The van der Waals surface area contributed by atoms with Crippen LogP contribution in [0.25, 0.3) is 21.8 Å². The molecule has 11 heteroatoms. The van der Waals surface area contributed by atoms with Crippen molar-refractivity contribution in [1.82, 2.24) is 35.9 Å². The van der Waals surface area contributed by atoms with E-state index < -0.39 is 11.8 Å². The summed E-state index contributed by atoms with van der Waals surface area (Å²) in [6.07, 6.45) is 3.86. The van der Waals surface area contributed by atoms with Gasteiger partial charge in [0, 0.05) is 46.9 Å². The number of rotatable bonds is 5. The van der Waals surface area contributed by atoms with Gasteiger partial charge in [-0.25, -0.2) is 4.98 Å². The summed E-state index contributed by atoms with van der Waals surface area (Å²) in [5.74, 6) is -0.709. The third-order valence-electron chi connectivity index (χ3n) is 6.94. The van der Waals surface area contributed by atoms with Crippen molar-refractivity contribution < 1.29 is 14.4 Å². The van der Waals surface area contributed by atoms with Crippen LogP contribution in [0, 0.1) is 0 Å². The molecule has 1 fully saturated rings. The molecule has 6 rings (SSSR count). The maximum Gasteiger partial charge on any atom is 0.290 e. The van der Waals surface area contributed by atoms with Crippen molar-refractivity contribution in [2.75, 3.05) is 13.1 Å². The van der Waals surface area contributed by atoms with Crippen molar-refractivity contribution >= 4 is 50.9 Å². The monoisotopic (exact) mass is 527 g/mol. The van der Waals surface area contributed by atoms with Gasteiger partial charge in [0.15, 0.2) is 5.69 Å². The number of carbonyl (C=O) groups is 3. The van der Waals surface area contributed by atoms with Gasteiger partial charge in [-0.15, -0.1) is 11.3 Å². The number of H-pyrrole nitrogens is 2. The van der Waals surface area contributed by atoms with Crippen LogP contribution in [0.3, 0.4) is 0 Å². The molecular formula is C27H25N7O3S. The largest absolute Gasteiger partial charge is 0.361 e. The molecule has 38 heavy (non-hydrogen) atoms. The second-order valence-electron chi connectivity index (χ2n) is 9.29. The normalized spacial score (nSPS) is 14.2. The van der Waals surface area contributed by atoms with Crippen LogP contribution in [-0.4, -0.2) is 55.9 Å². The minimum Gasteiger partial charge on any atom is -0.361 e. The van der Waals surface area contributed by atoms with Gasteiger partial charge in [0.1, 0.15) is 5.69 Å². The number of piperidine rings is 1. The van der Waals surface area contributed by atoms with E-state index in [1.165, 1.54) is 11.3 Å². The highest BCUT2D eigenvalue weighted by Gasteiger charge is 2.27. The number of hydrogen-bond donors (Lipinski definition) is 4. The van der Waals surface area contributed by atoms with E-state index in [0.717, 1.165) is 39.8 Å². The fraction of sp³-hybridized carbons (Fsp3) is 0.222. The van der Waals surface area contributed by atoms with E-state index >= 15 is 0 Å². The first kappa shape index (κ1) is 23.9. The molecular weight excluding hydrogens is 502 g/mol. The van der Waals surface area contributed by atoms with Gasteiger partial charge in [0.25, 0.3) is 11.8 Å². The lowest BCUT2D eigenvalue weighted by atomic mass is 9.97. The Balaban J connectivity index is 1.01. The van der Waals surface area contributed by atoms with Gasteiger partial charge >= 0.3 is 0 Å². The van der Waals surface area contributed by atoms with Crippen molar-refractivity contribution in [1.29, 1.82) is 0 Å². The molecule has 4 N–H and O–H groups in total. The van der Waals surface area contributed by atoms with Crippen LogP contribution in [0.15, 0.2) is 60.1 Å². The smallest absolute Gasteiger partial charge is 0.290 e. The van der Waals surface area contributed by atoms with Crippen LogP contribution in [0.2, 0.25) is 0 Å². The summed E-state index contributed by atoms with van der Waals surface area (Å²) < 4.78 is 0. The van der Waals surface area contributed by atoms with E-state index in [9.17, 15) is 14.4 Å². The van der Waals surface area contributed by atoms with E-state index in [1.54, 1.807) is 11.4 Å². The lowest BCUT2D eigenvalue weighted by molar-refractivity contribution is -0.131. The van der Waals surface area contributed by atoms with Gasteiger partial charge in [-0.2, -0.15) is 5.10 Å². The van der Waals surface area contributed by atoms with Crippen molar-refractivity contribution in [2.24, 2.45) is 0 Å². The first-order valence-corrected chi connectivity index (χ1v) is 13.3. The van der Waals surface area contributed by atoms with Crippen LogP contribution in [-0.2, 0) is 11.2 Å². The molecule has 0 radical (unpaired) electrons. The van der Waals surface area contributed by atoms with Gasteiger partial charge in [-0.1, -0.05) is 36.4 Å². The number of carbonyl (C=O) groups excluding carboxylic acids is 3. The standard InChI is InChI=1S/C27H25N7O3S/c35-23(13-17-14-28-20-7-3-1-5-18(17)20)34-11-9-16(10-12-34)27-29-22(15-38-27)25(36)32-33-26(37)24-19-6-2-4-8-21(19)30-31-24/h1-8,14-16,28H,9-13H2,(H,30,31)(H,32,36)(H,33,37). The van der Waals surface area contributed by atoms with Crippen molar-refractivity contribution in [2.45, 2.75) is 25.2 Å². The molecule has 10 nitrogen and oxygen atoms in total. The van der Waals surface area contributed by atoms with E-state index in [2.05, 4.69) is 31.0 Å². The lowest BCUT2D eigenvalue weighted by Crippen LogP contribution is -2.42. The predicted octanol–water partition coefficient (Wildman–Crippen LogP) is 3.52. The highest BCUT2D eigenvalue weighted by Crippen LogP contribution is 2.31. The number of aromatic nitrogens is 4. The number of para-hydroxylation sites is 2. The Morgan fingerprint density at radius 2 is 1.66 bits per heavy atom. The van der Waals surface area contributed by atoms with Crippen LogP contribution < -0.4 is 10.9 Å². The van der Waals surface area contributed by atoms with Crippen LogP contribution in [0.1, 0.15) is 50.3 Å². The molecule has 3 aromatic heterocycles. The van der Waals surface area contributed by atoms with Crippen molar-refractivity contribution in [3.05, 3.63) is 82.1 Å². The van der Waals surface area contributed by atoms with E-state index in [0.29, 0.717) is 24.9 Å². The summed E-state index contributed by atoms with van der Waals surface area (Å²) in [5.41, 5.74) is 8.05. The van der Waals surface area contributed by atoms with Gasteiger partial charge in [-0.3, -0.25) is 30.3 Å². The molecule has 0 atom stereocenters. The molecule has 0 unspecified atom stereocenters. The number of benzene rings is 2. The Morgan fingerprint density at radius 1 is 0.947 bits per heavy atom. The number of thiazole rings is 1. The molecule has 2 aromatic carbocycles. The molecule has 0 saturated carbocycles. The zero-order chi connectivity index (χ0) is 26.1. The first-order valence-electron chi connectivity index (χ1n) is 12.4. The first-order chi connectivity index (χ1) is 18.6. The Morgan fingerprint density at radius 3 is 2.47 bits per heavy atom. The second kappa shape index (κ2) is 10.1. The fourth-order valence-electron chi connectivity index (χ4n) is 4.88. The Bertz CT molecular complexity index is 1640. The number of hydrazine groups is 1. The Hall–Kier alpha value is -4.51. The summed E-state index contributed by atoms with van der Waals surface area (Å²) in [4.78, 5) is 47.7.